The van der Waals surface area contributed by atoms with E-state index in [2.05, 4.69) is 14.7 Å². The Bertz CT molecular complexity index is 730. The molecule has 2 aromatic rings. The van der Waals surface area contributed by atoms with Gasteiger partial charge in [-0.25, -0.2) is 23.1 Å². The lowest BCUT2D eigenvalue weighted by Gasteiger charge is -2.07. The van der Waals surface area contributed by atoms with Crippen molar-refractivity contribution in [1.82, 2.24) is 19.3 Å². The molecule has 0 aliphatic carbocycles. The molecule has 2 heterocycles. The molecule has 0 spiro atoms. The van der Waals surface area contributed by atoms with Crippen molar-refractivity contribution in [3.05, 3.63) is 42.2 Å². The monoisotopic (exact) mass is 277 g/mol. The molecule has 0 aliphatic heterocycles. The summed E-state index contributed by atoms with van der Waals surface area (Å²) in [5.74, 6) is 0.575. The Kier molecular flexibility index (Phi) is 3.59. The van der Waals surface area contributed by atoms with Gasteiger partial charge in [0.05, 0.1) is 6.54 Å². The van der Waals surface area contributed by atoms with Crippen LogP contribution in [0.2, 0.25) is 0 Å². The molecule has 0 atom stereocenters. The number of aromatic nitrogens is 3. The lowest BCUT2D eigenvalue weighted by atomic mass is 10.4. The predicted octanol–water partition coefficient (Wildman–Crippen LogP) is 0.165. The highest BCUT2D eigenvalue weighted by Gasteiger charge is 2.19. The number of sulfonamides is 1. The fourth-order valence-corrected chi connectivity index (χ4v) is 2.58. The van der Waals surface area contributed by atoms with Crippen LogP contribution in [-0.2, 0) is 23.6 Å². The Morgan fingerprint density at radius 3 is 2.84 bits per heavy atom. The van der Waals surface area contributed by atoms with Crippen LogP contribution in [0.3, 0.4) is 0 Å². The second-order valence-corrected chi connectivity index (χ2v) is 5.48. The summed E-state index contributed by atoms with van der Waals surface area (Å²) in [4.78, 5) is 7.60. The number of nitrogens with zero attached hydrogens (tertiary/aromatic N) is 4. The molecule has 0 amide bonds. The normalized spacial score (nSPS) is 11.2. The van der Waals surface area contributed by atoms with Gasteiger partial charge in [-0.05, 0) is 12.1 Å². The zero-order valence-electron chi connectivity index (χ0n) is 10.1. The van der Waals surface area contributed by atoms with E-state index >= 15 is 0 Å². The maximum absolute atomic E-state index is 12.1. The van der Waals surface area contributed by atoms with Crippen molar-refractivity contribution in [3.8, 4) is 6.07 Å². The van der Waals surface area contributed by atoms with Crippen LogP contribution in [0.5, 0.6) is 0 Å². The highest BCUT2D eigenvalue weighted by molar-refractivity contribution is 7.89. The average Bonchev–Trinajstić information content (AvgIpc) is 2.82. The lowest BCUT2D eigenvalue weighted by Crippen LogP contribution is -2.25. The van der Waals surface area contributed by atoms with E-state index in [4.69, 9.17) is 5.26 Å². The summed E-state index contributed by atoms with van der Waals surface area (Å²) < 4.78 is 28.3. The summed E-state index contributed by atoms with van der Waals surface area (Å²) >= 11 is 0. The SMILES string of the molecule is Cn1ccnc1CNS(=O)(=O)c1cccnc1C#N. The lowest BCUT2D eigenvalue weighted by molar-refractivity contribution is 0.577. The predicted molar refractivity (Wildman–Crippen MR) is 66.2 cm³/mol. The van der Waals surface area contributed by atoms with E-state index in [0.29, 0.717) is 5.82 Å². The van der Waals surface area contributed by atoms with E-state index in [1.165, 1.54) is 18.3 Å². The number of rotatable bonds is 4. The quantitative estimate of drug-likeness (QED) is 0.858. The summed E-state index contributed by atoms with van der Waals surface area (Å²) in [5, 5.41) is 8.86. The first-order chi connectivity index (χ1) is 9.04. The zero-order valence-corrected chi connectivity index (χ0v) is 10.9. The van der Waals surface area contributed by atoms with E-state index in [-0.39, 0.29) is 17.1 Å². The van der Waals surface area contributed by atoms with Crippen molar-refractivity contribution in [2.45, 2.75) is 11.4 Å². The van der Waals surface area contributed by atoms with E-state index in [0.717, 1.165) is 0 Å². The Labute approximate surface area is 110 Å². The van der Waals surface area contributed by atoms with Gasteiger partial charge in [0.1, 0.15) is 16.8 Å². The largest absolute Gasteiger partial charge is 0.337 e. The van der Waals surface area contributed by atoms with E-state index < -0.39 is 10.0 Å². The fourth-order valence-electron chi connectivity index (χ4n) is 1.50. The highest BCUT2D eigenvalue weighted by Crippen LogP contribution is 2.12. The molecule has 19 heavy (non-hydrogen) atoms. The van der Waals surface area contributed by atoms with Crippen LogP contribution >= 0.6 is 0 Å². The Morgan fingerprint density at radius 1 is 1.42 bits per heavy atom. The molecule has 2 rings (SSSR count). The van der Waals surface area contributed by atoms with Crippen LogP contribution in [0.15, 0.2) is 35.6 Å². The van der Waals surface area contributed by atoms with Crippen molar-refractivity contribution in [3.63, 3.8) is 0 Å². The van der Waals surface area contributed by atoms with Crippen LogP contribution in [-0.4, -0.2) is 23.0 Å². The van der Waals surface area contributed by atoms with Gasteiger partial charge in [0.25, 0.3) is 0 Å². The molecule has 0 aromatic carbocycles. The van der Waals surface area contributed by atoms with Crippen molar-refractivity contribution in [1.29, 1.82) is 5.26 Å². The second-order valence-electron chi connectivity index (χ2n) is 3.74. The van der Waals surface area contributed by atoms with E-state index in [1.807, 2.05) is 0 Å². The number of aryl methyl sites for hydroxylation is 1. The van der Waals surface area contributed by atoms with Crippen molar-refractivity contribution < 1.29 is 8.42 Å². The first kappa shape index (κ1) is 13.2. The second kappa shape index (κ2) is 5.17. The molecule has 98 valence electrons. The van der Waals surface area contributed by atoms with Gasteiger partial charge in [0.2, 0.25) is 10.0 Å². The Morgan fingerprint density at radius 2 is 2.21 bits per heavy atom. The number of hydrogen-bond donors (Lipinski definition) is 1. The Balaban J connectivity index is 2.24. The van der Waals surface area contributed by atoms with Gasteiger partial charge in [-0.3, -0.25) is 0 Å². The summed E-state index contributed by atoms with van der Waals surface area (Å²) in [7, 11) is -2.02. The third kappa shape index (κ3) is 2.78. The fraction of sp³-hybridized carbons (Fsp3) is 0.182. The summed E-state index contributed by atoms with van der Waals surface area (Å²) in [6.07, 6.45) is 4.67. The molecule has 0 saturated carbocycles. The van der Waals surface area contributed by atoms with Gasteiger partial charge in [-0.1, -0.05) is 0 Å². The number of nitriles is 1. The molecule has 0 bridgehead atoms. The first-order valence-corrected chi connectivity index (χ1v) is 6.84. The van der Waals surface area contributed by atoms with E-state index in [9.17, 15) is 8.42 Å². The molecular weight excluding hydrogens is 266 g/mol. The number of imidazole rings is 1. The van der Waals surface area contributed by atoms with Crippen LogP contribution in [0.25, 0.3) is 0 Å². The molecular formula is C11H11N5O2S. The maximum atomic E-state index is 12.1. The van der Waals surface area contributed by atoms with E-state index in [1.54, 1.807) is 30.1 Å². The van der Waals surface area contributed by atoms with Crippen LogP contribution in [0.4, 0.5) is 0 Å². The van der Waals surface area contributed by atoms with Crippen LogP contribution < -0.4 is 4.72 Å². The van der Waals surface area contributed by atoms with Crippen molar-refractivity contribution >= 4 is 10.0 Å². The zero-order chi connectivity index (χ0) is 13.9. The summed E-state index contributed by atoms with van der Waals surface area (Å²) in [5.41, 5.74) is -0.130. The molecule has 0 aliphatic rings. The minimum Gasteiger partial charge on any atom is -0.337 e. The molecule has 8 heteroatoms. The van der Waals surface area contributed by atoms with Crippen molar-refractivity contribution in [2.75, 3.05) is 0 Å². The van der Waals surface area contributed by atoms with Crippen LogP contribution in [0, 0.1) is 11.3 Å². The first-order valence-electron chi connectivity index (χ1n) is 5.35. The molecule has 2 aromatic heterocycles. The topological polar surface area (TPSA) is 101 Å². The summed E-state index contributed by atoms with van der Waals surface area (Å²) in [6, 6.07) is 4.56. The van der Waals surface area contributed by atoms with Gasteiger partial charge in [0, 0.05) is 25.6 Å². The maximum Gasteiger partial charge on any atom is 0.243 e. The van der Waals surface area contributed by atoms with Gasteiger partial charge >= 0.3 is 0 Å². The minimum atomic E-state index is -3.78. The number of pyridine rings is 1. The summed E-state index contributed by atoms with van der Waals surface area (Å²) in [6.45, 7) is 0.0472. The number of nitrogens with one attached hydrogen (secondary N) is 1. The Hall–Kier alpha value is -2.24. The smallest absolute Gasteiger partial charge is 0.243 e. The minimum absolute atomic E-state index is 0.0472. The standard InChI is InChI=1S/C11H11N5O2S/c1-16-6-5-14-11(16)8-15-19(17,18)10-3-2-4-13-9(10)7-12/h2-6,15H,8H2,1H3. The molecule has 0 saturated heterocycles. The molecule has 1 N–H and O–H groups in total. The van der Waals surface area contributed by atoms with Gasteiger partial charge in [-0.15, -0.1) is 0 Å². The van der Waals surface area contributed by atoms with Crippen molar-refractivity contribution in [2.24, 2.45) is 7.05 Å². The van der Waals surface area contributed by atoms with Gasteiger partial charge < -0.3 is 4.57 Å². The molecule has 7 nitrogen and oxygen atoms in total. The van der Waals surface area contributed by atoms with Gasteiger partial charge in [0.15, 0.2) is 5.69 Å². The molecule has 0 radical (unpaired) electrons. The average molecular weight is 277 g/mol. The highest BCUT2D eigenvalue weighted by atomic mass is 32.2. The molecule has 0 unspecified atom stereocenters. The number of hydrogen-bond acceptors (Lipinski definition) is 5. The third-order valence-electron chi connectivity index (χ3n) is 2.51. The van der Waals surface area contributed by atoms with Crippen LogP contribution in [0.1, 0.15) is 11.5 Å². The van der Waals surface area contributed by atoms with Gasteiger partial charge in [-0.2, -0.15) is 5.26 Å². The third-order valence-corrected chi connectivity index (χ3v) is 3.94. The molecule has 0 fully saturated rings.